The summed E-state index contributed by atoms with van der Waals surface area (Å²) in [6.45, 7) is 3.80. The molecule has 0 aliphatic heterocycles. The van der Waals surface area contributed by atoms with Crippen LogP contribution in [0.25, 0.3) is 22.6 Å². The molecule has 1 aromatic heterocycles. The molecule has 5 rings (SSSR count). The van der Waals surface area contributed by atoms with E-state index in [0.29, 0.717) is 29.8 Å². The van der Waals surface area contributed by atoms with Crippen molar-refractivity contribution < 1.29 is 13.6 Å². The maximum Gasteiger partial charge on any atom is 0.176 e. The number of nitriles is 1. The molecule has 2 aromatic carbocycles. The van der Waals surface area contributed by atoms with Gasteiger partial charge in [0.05, 0.1) is 22.5 Å². The minimum Gasteiger partial charge on any atom is -0.293 e. The highest BCUT2D eigenvalue weighted by Gasteiger charge is 2.49. The molecule has 0 radical (unpaired) electrons. The van der Waals surface area contributed by atoms with Gasteiger partial charge in [-0.2, -0.15) is 5.26 Å². The number of allylic oxidation sites excluding steroid dienone is 2. The Morgan fingerprint density at radius 3 is 2.30 bits per heavy atom. The van der Waals surface area contributed by atoms with Gasteiger partial charge in [-0.05, 0) is 43.0 Å². The van der Waals surface area contributed by atoms with Crippen molar-refractivity contribution in [1.29, 1.82) is 5.26 Å². The molecule has 0 saturated carbocycles. The van der Waals surface area contributed by atoms with Crippen molar-refractivity contribution in [2.24, 2.45) is 11.8 Å². The average molecular weight is 441 g/mol. The van der Waals surface area contributed by atoms with Gasteiger partial charge in [0, 0.05) is 22.5 Å². The molecule has 2 aliphatic rings. The molecule has 2 aliphatic carbocycles. The van der Waals surface area contributed by atoms with Crippen LogP contribution in [0.5, 0.6) is 0 Å². The molecule has 3 atom stereocenters. The first-order valence-electron chi connectivity index (χ1n) is 10.9. The number of benzene rings is 2. The molecule has 0 fully saturated rings. The predicted octanol–water partition coefficient (Wildman–Crippen LogP) is 5.58. The fourth-order valence-corrected chi connectivity index (χ4v) is 5.41. The van der Waals surface area contributed by atoms with E-state index in [4.69, 9.17) is 4.98 Å². The van der Waals surface area contributed by atoms with Gasteiger partial charge in [0.2, 0.25) is 0 Å². The number of carbonyl (C=O) groups excluding carboxylic acids is 1. The van der Waals surface area contributed by atoms with E-state index in [9.17, 15) is 18.8 Å². The van der Waals surface area contributed by atoms with E-state index in [0.717, 1.165) is 5.56 Å². The number of hydrogen-bond donors (Lipinski definition) is 0. The quantitative estimate of drug-likeness (QED) is 0.521. The zero-order chi connectivity index (χ0) is 23.3. The Morgan fingerprint density at radius 1 is 1.03 bits per heavy atom. The van der Waals surface area contributed by atoms with Crippen LogP contribution in [0.4, 0.5) is 8.78 Å². The van der Waals surface area contributed by atoms with Crippen molar-refractivity contribution in [3.05, 3.63) is 83.1 Å². The lowest BCUT2D eigenvalue weighted by atomic mass is 9.57. The molecule has 0 N–H and O–H groups in total. The second-order valence-electron chi connectivity index (χ2n) is 8.93. The van der Waals surface area contributed by atoms with Crippen LogP contribution < -0.4 is 0 Å². The Kier molecular flexibility index (Phi) is 4.93. The lowest BCUT2D eigenvalue weighted by Crippen LogP contribution is -2.46. The Balaban J connectivity index is 1.85. The van der Waals surface area contributed by atoms with Crippen LogP contribution in [0.2, 0.25) is 0 Å². The van der Waals surface area contributed by atoms with Crippen LogP contribution in [0, 0.1) is 34.8 Å². The Labute approximate surface area is 190 Å². The summed E-state index contributed by atoms with van der Waals surface area (Å²) in [5.74, 6) is -1.34. The molecule has 0 unspecified atom stereocenters. The second kappa shape index (κ2) is 7.70. The van der Waals surface area contributed by atoms with Gasteiger partial charge in [-0.25, -0.2) is 18.7 Å². The third-order valence-corrected chi connectivity index (χ3v) is 7.08. The van der Waals surface area contributed by atoms with Crippen LogP contribution in [-0.4, -0.2) is 15.8 Å². The van der Waals surface area contributed by atoms with E-state index in [-0.39, 0.29) is 34.6 Å². The second-order valence-corrected chi connectivity index (χ2v) is 8.93. The largest absolute Gasteiger partial charge is 0.293 e. The first-order chi connectivity index (χ1) is 15.8. The minimum atomic E-state index is -0.741. The highest BCUT2D eigenvalue weighted by atomic mass is 19.1. The fourth-order valence-electron chi connectivity index (χ4n) is 5.41. The standard InChI is InChI=1S/C27H21F2N3O/c1-15-20-12-11-19-23(17-7-3-5-9-21(17)28)31-26(18-8-4-6-10-22(18)29)32-25(19)27(20,2)13-16(14-30)24(15)33/h3-10,13,15,20H,11-12H2,1-2H3/t15-,20-,27-/m1/s1. The van der Waals surface area contributed by atoms with Gasteiger partial charge < -0.3 is 0 Å². The van der Waals surface area contributed by atoms with Crippen LogP contribution in [0.1, 0.15) is 31.5 Å². The third-order valence-electron chi connectivity index (χ3n) is 7.08. The summed E-state index contributed by atoms with van der Waals surface area (Å²) in [7, 11) is 0. The maximum absolute atomic E-state index is 14.9. The molecule has 0 bridgehead atoms. The first-order valence-corrected chi connectivity index (χ1v) is 10.9. The van der Waals surface area contributed by atoms with Crippen LogP contribution >= 0.6 is 0 Å². The SMILES string of the molecule is C[C@H]1C(=O)C(C#N)=C[C@@]2(C)c3nc(-c4ccccc4F)nc(-c4ccccc4F)c3CC[C@H]12. The molecule has 33 heavy (non-hydrogen) atoms. The highest BCUT2D eigenvalue weighted by molar-refractivity contribution is 6.02. The van der Waals surface area contributed by atoms with E-state index in [1.807, 2.05) is 19.9 Å². The van der Waals surface area contributed by atoms with Gasteiger partial charge in [0.25, 0.3) is 0 Å². The van der Waals surface area contributed by atoms with Gasteiger partial charge in [0.1, 0.15) is 17.7 Å². The Morgan fingerprint density at radius 2 is 1.67 bits per heavy atom. The average Bonchev–Trinajstić information content (AvgIpc) is 2.82. The maximum atomic E-state index is 14.9. The van der Waals surface area contributed by atoms with E-state index >= 15 is 0 Å². The Bertz CT molecular complexity index is 1370. The Hall–Kier alpha value is -3.72. The molecule has 3 aromatic rings. The van der Waals surface area contributed by atoms with E-state index in [2.05, 4.69) is 4.98 Å². The smallest absolute Gasteiger partial charge is 0.176 e. The van der Waals surface area contributed by atoms with E-state index < -0.39 is 17.0 Å². The number of fused-ring (bicyclic) bond motifs is 3. The monoisotopic (exact) mass is 441 g/mol. The predicted molar refractivity (Wildman–Crippen MR) is 120 cm³/mol. The molecule has 6 heteroatoms. The van der Waals surface area contributed by atoms with Gasteiger partial charge in [-0.1, -0.05) is 44.2 Å². The number of carbonyl (C=O) groups is 1. The number of ketones is 1. The number of halogens is 2. The fraction of sp³-hybridized carbons (Fsp3) is 0.259. The number of hydrogen-bond acceptors (Lipinski definition) is 4. The summed E-state index contributed by atoms with van der Waals surface area (Å²) in [6, 6.07) is 14.6. The molecular formula is C27H21F2N3O. The summed E-state index contributed by atoms with van der Waals surface area (Å²) in [6.07, 6.45) is 2.93. The van der Waals surface area contributed by atoms with Gasteiger partial charge in [-0.3, -0.25) is 4.79 Å². The minimum absolute atomic E-state index is 0.0774. The molecular weight excluding hydrogens is 420 g/mol. The molecule has 164 valence electrons. The summed E-state index contributed by atoms with van der Waals surface area (Å²) in [4.78, 5) is 22.2. The lowest BCUT2D eigenvalue weighted by Gasteiger charge is -2.45. The van der Waals surface area contributed by atoms with E-state index in [1.165, 1.54) is 12.1 Å². The molecule has 4 nitrogen and oxygen atoms in total. The number of rotatable bonds is 2. The number of Topliss-reactive ketones (excluding diaryl/α,β-unsaturated/α-hetero) is 1. The molecule has 0 amide bonds. The summed E-state index contributed by atoms with van der Waals surface area (Å²) >= 11 is 0. The number of aromatic nitrogens is 2. The number of nitrogens with zero attached hydrogens (tertiary/aromatic N) is 3. The normalized spacial score (nSPS) is 23.8. The lowest BCUT2D eigenvalue weighted by molar-refractivity contribution is -0.121. The van der Waals surface area contributed by atoms with Gasteiger partial charge in [0.15, 0.2) is 11.6 Å². The summed E-state index contributed by atoms with van der Waals surface area (Å²) in [5, 5.41) is 9.60. The van der Waals surface area contributed by atoms with Crippen molar-refractivity contribution in [2.75, 3.05) is 0 Å². The molecule has 0 spiro atoms. The van der Waals surface area contributed by atoms with Crippen LogP contribution in [0.3, 0.4) is 0 Å². The van der Waals surface area contributed by atoms with Gasteiger partial charge >= 0.3 is 0 Å². The summed E-state index contributed by atoms with van der Waals surface area (Å²) < 4.78 is 29.6. The molecule has 1 heterocycles. The van der Waals surface area contributed by atoms with Crippen LogP contribution in [0.15, 0.2) is 60.2 Å². The van der Waals surface area contributed by atoms with Crippen molar-refractivity contribution in [3.63, 3.8) is 0 Å². The van der Waals surface area contributed by atoms with Gasteiger partial charge in [-0.15, -0.1) is 0 Å². The topological polar surface area (TPSA) is 66.6 Å². The van der Waals surface area contributed by atoms with Crippen molar-refractivity contribution in [1.82, 2.24) is 9.97 Å². The third kappa shape index (κ3) is 3.19. The highest BCUT2D eigenvalue weighted by Crippen LogP contribution is 2.51. The molecule has 0 saturated heterocycles. The zero-order valence-electron chi connectivity index (χ0n) is 18.3. The van der Waals surface area contributed by atoms with Crippen molar-refractivity contribution in [2.45, 2.75) is 32.1 Å². The van der Waals surface area contributed by atoms with Crippen molar-refractivity contribution in [3.8, 4) is 28.7 Å². The summed E-state index contributed by atoms with van der Waals surface area (Å²) in [5.41, 5.74) is 1.72. The van der Waals surface area contributed by atoms with Crippen molar-refractivity contribution >= 4 is 5.78 Å². The van der Waals surface area contributed by atoms with Crippen LogP contribution in [-0.2, 0) is 16.6 Å². The first kappa shape index (κ1) is 21.1. The van der Waals surface area contributed by atoms with E-state index in [1.54, 1.807) is 42.5 Å². The zero-order valence-corrected chi connectivity index (χ0v) is 18.3.